The molecular weight excluding hydrogens is 434 g/mol. The standard InChI is InChI=1S/C30H45N3O2/c1-3-12-28(29(13-4-2)35-27-16-8-9-17-27)32-21-20-31-24-25-14-6-7-15-26(19-18-25)30(34)33-22-10-5-11-23-33/h3-4,6-7,13-14,19,27,31-32H,1,5,8-12,15-18,20-24H2,2H3/b7-6?,13-4-,25-14+,26-19+,29-28-. The van der Waals surface area contributed by atoms with Gasteiger partial charge in [-0.3, -0.25) is 4.79 Å². The molecule has 1 aliphatic heterocycles. The average molecular weight is 480 g/mol. The molecule has 0 aromatic rings. The smallest absolute Gasteiger partial charge is 0.249 e. The minimum atomic E-state index is 0.228. The molecule has 0 radical (unpaired) electrons. The second kappa shape index (κ2) is 15.5. The zero-order valence-corrected chi connectivity index (χ0v) is 21.7. The van der Waals surface area contributed by atoms with Crippen LogP contribution in [0.2, 0.25) is 0 Å². The second-order valence-corrected chi connectivity index (χ2v) is 9.71. The van der Waals surface area contributed by atoms with E-state index in [9.17, 15) is 4.79 Å². The maximum Gasteiger partial charge on any atom is 0.249 e. The Bertz CT molecular complexity index is 838. The molecule has 3 aliphatic rings. The SMILES string of the molecule is C=CC/C(NCCNC/C1=C/C=CC/C(C(=O)N2CCCCC2)=C\C1)=C(\C=C/C)OC1CCCC1. The Labute approximate surface area is 212 Å². The Morgan fingerprint density at radius 3 is 2.69 bits per heavy atom. The summed E-state index contributed by atoms with van der Waals surface area (Å²) in [5.74, 6) is 1.18. The molecule has 1 heterocycles. The van der Waals surface area contributed by atoms with E-state index in [0.717, 1.165) is 94.7 Å². The summed E-state index contributed by atoms with van der Waals surface area (Å²) in [6.45, 7) is 10.2. The third-order valence-electron chi connectivity index (χ3n) is 6.89. The average Bonchev–Trinajstić information content (AvgIpc) is 3.38. The van der Waals surface area contributed by atoms with Crippen LogP contribution in [-0.2, 0) is 9.53 Å². The Morgan fingerprint density at radius 2 is 1.94 bits per heavy atom. The van der Waals surface area contributed by atoms with Crippen LogP contribution in [0, 0.1) is 0 Å². The van der Waals surface area contributed by atoms with Crippen LogP contribution in [0.5, 0.6) is 0 Å². The predicted molar refractivity (Wildman–Crippen MR) is 146 cm³/mol. The summed E-state index contributed by atoms with van der Waals surface area (Å²) in [7, 11) is 0. The summed E-state index contributed by atoms with van der Waals surface area (Å²) in [5.41, 5.74) is 3.34. The van der Waals surface area contributed by atoms with Crippen molar-refractivity contribution in [2.75, 3.05) is 32.7 Å². The number of hydrogen-bond donors (Lipinski definition) is 2. The van der Waals surface area contributed by atoms with Gasteiger partial charge in [0.1, 0.15) is 5.76 Å². The van der Waals surface area contributed by atoms with Gasteiger partial charge in [-0.1, -0.05) is 42.0 Å². The van der Waals surface area contributed by atoms with Crippen LogP contribution in [0.25, 0.3) is 0 Å². The molecule has 5 nitrogen and oxygen atoms in total. The molecule has 0 unspecified atom stereocenters. The van der Waals surface area contributed by atoms with Crippen LogP contribution < -0.4 is 10.6 Å². The molecule has 1 amide bonds. The highest BCUT2D eigenvalue weighted by molar-refractivity contribution is 5.93. The van der Waals surface area contributed by atoms with Crippen LogP contribution in [0.3, 0.4) is 0 Å². The number of nitrogens with one attached hydrogen (secondary N) is 2. The zero-order valence-electron chi connectivity index (χ0n) is 21.7. The van der Waals surface area contributed by atoms with Crippen molar-refractivity contribution in [3.05, 3.63) is 71.7 Å². The summed E-state index contributed by atoms with van der Waals surface area (Å²) >= 11 is 0. The number of ether oxygens (including phenoxy) is 1. The van der Waals surface area contributed by atoms with Crippen LogP contribution in [0.1, 0.15) is 71.1 Å². The van der Waals surface area contributed by atoms with E-state index in [2.05, 4.69) is 47.6 Å². The molecule has 2 aliphatic carbocycles. The number of carbonyl (C=O) groups is 1. The van der Waals surface area contributed by atoms with Gasteiger partial charge < -0.3 is 20.3 Å². The normalized spacial score (nSPS) is 23.1. The number of nitrogens with zero attached hydrogens (tertiary/aromatic N) is 1. The third kappa shape index (κ3) is 9.21. The van der Waals surface area contributed by atoms with Crippen molar-refractivity contribution < 1.29 is 9.53 Å². The van der Waals surface area contributed by atoms with Crippen molar-refractivity contribution >= 4 is 5.91 Å². The molecule has 5 heteroatoms. The molecule has 3 rings (SSSR count). The summed E-state index contributed by atoms with van der Waals surface area (Å²) in [6, 6.07) is 0. The van der Waals surface area contributed by atoms with Gasteiger partial charge in [-0.05, 0) is 70.8 Å². The number of hydrogen-bond acceptors (Lipinski definition) is 4. The third-order valence-corrected chi connectivity index (χ3v) is 6.89. The minimum absolute atomic E-state index is 0.228. The van der Waals surface area contributed by atoms with E-state index in [1.807, 2.05) is 24.0 Å². The molecule has 0 atom stereocenters. The van der Waals surface area contributed by atoms with Crippen LogP contribution >= 0.6 is 0 Å². The van der Waals surface area contributed by atoms with Crippen molar-refractivity contribution in [3.8, 4) is 0 Å². The summed E-state index contributed by atoms with van der Waals surface area (Å²) in [6.07, 6.45) is 25.5. The molecule has 0 aromatic heterocycles. The van der Waals surface area contributed by atoms with Gasteiger partial charge >= 0.3 is 0 Å². The Kier molecular flexibility index (Phi) is 12.0. The second-order valence-electron chi connectivity index (χ2n) is 9.71. The fraction of sp³-hybridized carbons (Fsp3) is 0.567. The number of carbonyl (C=O) groups excluding carboxylic acids is 1. The van der Waals surface area contributed by atoms with Gasteiger partial charge in [0.2, 0.25) is 5.91 Å². The largest absolute Gasteiger partial charge is 0.489 e. The Balaban J connectivity index is 1.47. The van der Waals surface area contributed by atoms with E-state index >= 15 is 0 Å². The number of allylic oxidation sites excluding steroid dienone is 7. The summed E-state index contributed by atoms with van der Waals surface area (Å²) in [5, 5.41) is 7.13. The summed E-state index contributed by atoms with van der Waals surface area (Å²) in [4.78, 5) is 14.9. The minimum Gasteiger partial charge on any atom is -0.489 e. The lowest BCUT2D eigenvalue weighted by Gasteiger charge is -2.27. The Hall–Kier alpha value is -2.53. The van der Waals surface area contributed by atoms with Gasteiger partial charge in [0, 0.05) is 44.7 Å². The first-order valence-electron chi connectivity index (χ1n) is 13.6. The van der Waals surface area contributed by atoms with E-state index in [1.165, 1.54) is 24.8 Å². The number of amides is 1. The lowest BCUT2D eigenvalue weighted by Crippen LogP contribution is -2.36. The number of piperidine rings is 1. The van der Waals surface area contributed by atoms with Gasteiger partial charge in [-0.2, -0.15) is 0 Å². The van der Waals surface area contributed by atoms with E-state index in [0.29, 0.717) is 6.10 Å². The lowest BCUT2D eigenvalue weighted by atomic mass is 10.0. The molecular formula is C30H45N3O2. The molecule has 0 spiro atoms. The van der Waals surface area contributed by atoms with Gasteiger partial charge in [-0.15, -0.1) is 6.58 Å². The maximum absolute atomic E-state index is 12.9. The molecule has 0 bridgehead atoms. The Morgan fingerprint density at radius 1 is 1.14 bits per heavy atom. The van der Waals surface area contributed by atoms with E-state index in [-0.39, 0.29) is 5.91 Å². The fourth-order valence-electron chi connectivity index (χ4n) is 4.91. The molecule has 0 aromatic carbocycles. The van der Waals surface area contributed by atoms with Crippen molar-refractivity contribution in [3.63, 3.8) is 0 Å². The van der Waals surface area contributed by atoms with Gasteiger partial charge in [0.05, 0.1) is 11.8 Å². The summed E-state index contributed by atoms with van der Waals surface area (Å²) < 4.78 is 6.33. The zero-order chi connectivity index (χ0) is 24.7. The molecule has 1 saturated heterocycles. The van der Waals surface area contributed by atoms with Crippen LogP contribution in [0.4, 0.5) is 0 Å². The number of rotatable bonds is 12. The topological polar surface area (TPSA) is 53.6 Å². The van der Waals surface area contributed by atoms with Gasteiger partial charge in [0.15, 0.2) is 0 Å². The number of likely N-dealkylation sites (tertiary alicyclic amines) is 1. The molecule has 1 saturated carbocycles. The molecule has 192 valence electrons. The van der Waals surface area contributed by atoms with Crippen molar-refractivity contribution in [2.45, 2.75) is 77.2 Å². The quantitative estimate of drug-likeness (QED) is 0.163. The highest BCUT2D eigenvalue weighted by Gasteiger charge is 2.20. The fourth-order valence-corrected chi connectivity index (χ4v) is 4.91. The van der Waals surface area contributed by atoms with Gasteiger partial charge in [0.25, 0.3) is 0 Å². The highest BCUT2D eigenvalue weighted by atomic mass is 16.5. The first-order chi connectivity index (χ1) is 17.2. The van der Waals surface area contributed by atoms with Crippen LogP contribution in [0.15, 0.2) is 71.7 Å². The monoisotopic (exact) mass is 479 g/mol. The van der Waals surface area contributed by atoms with E-state index < -0.39 is 0 Å². The first kappa shape index (κ1) is 27.1. The van der Waals surface area contributed by atoms with Crippen molar-refractivity contribution in [1.29, 1.82) is 0 Å². The highest BCUT2D eigenvalue weighted by Crippen LogP contribution is 2.25. The molecule has 35 heavy (non-hydrogen) atoms. The van der Waals surface area contributed by atoms with Crippen molar-refractivity contribution in [2.24, 2.45) is 0 Å². The van der Waals surface area contributed by atoms with E-state index in [4.69, 9.17) is 4.74 Å². The van der Waals surface area contributed by atoms with Gasteiger partial charge in [-0.25, -0.2) is 0 Å². The predicted octanol–water partition coefficient (Wildman–Crippen LogP) is 5.70. The molecule has 2 fully saturated rings. The maximum atomic E-state index is 12.9. The molecule has 2 N–H and O–H groups in total. The van der Waals surface area contributed by atoms with E-state index in [1.54, 1.807) is 0 Å². The van der Waals surface area contributed by atoms with Crippen LogP contribution in [-0.4, -0.2) is 49.6 Å². The lowest BCUT2D eigenvalue weighted by molar-refractivity contribution is -0.128. The first-order valence-corrected chi connectivity index (χ1v) is 13.6. The van der Waals surface area contributed by atoms with Crippen molar-refractivity contribution in [1.82, 2.24) is 15.5 Å².